The van der Waals surface area contributed by atoms with E-state index in [0.717, 1.165) is 7.11 Å². The molecule has 0 aliphatic heterocycles. The minimum Gasteiger partial charge on any atom is -0.466 e. The lowest BCUT2D eigenvalue weighted by Crippen LogP contribution is -2.16. The smallest absolute Gasteiger partial charge is 0.418 e. The molecule has 0 unspecified atom stereocenters. The number of nitrogens with one attached hydrogen (secondary N) is 1. The minimum absolute atomic E-state index is 0.140. The summed E-state index contributed by atoms with van der Waals surface area (Å²) in [5.41, 5.74) is -0.772. The Morgan fingerprint density at radius 2 is 2.00 bits per heavy atom. The number of hydrazone groups is 1. The number of ether oxygens (including phenoxy) is 1. The van der Waals surface area contributed by atoms with Crippen LogP contribution in [-0.2, 0) is 9.53 Å². The summed E-state index contributed by atoms with van der Waals surface area (Å²) in [5, 5.41) is 11.6. The third-order valence-corrected chi connectivity index (χ3v) is 2.37. The van der Waals surface area contributed by atoms with Crippen molar-refractivity contribution in [3.63, 3.8) is 0 Å². The fraction of sp³-hybridized carbons (Fsp3) is 0.154. The molecule has 0 spiro atoms. The predicted octanol–water partition coefficient (Wildman–Crippen LogP) is 2.90. The third kappa shape index (κ3) is 5.06. The zero-order chi connectivity index (χ0) is 17.6. The van der Waals surface area contributed by atoms with Crippen molar-refractivity contribution in [2.75, 3.05) is 12.5 Å². The van der Waals surface area contributed by atoms with E-state index >= 15 is 0 Å². The average molecular weight is 333 g/mol. The number of allylic oxidation sites excluding steroid dienone is 1. The number of alkyl halides is 3. The number of rotatable bonds is 4. The van der Waals surface area contributed by atoms with Gasteiger partial charge in [0.05, 0.1) is 30.1 Å². The summed E-state index contributed by atoms with van der Waals surface area (Å²) in [6.07, 6.45) is -4.57. The molecule has 0 saturated carbocycles. The molecule has 0 atom stereocenters. The zero-order valence-corrected chi connectivity index (χ0v) is 11.4. The second-order valence-electron chi connectivity index (χ2n) is 3.91. The van der Waals surface area contributed by atoms with Gasteiger partial charge in [-0.3, -0.25) is 5.43 Å². The third-order valence-electron chi connectivity index (χ3n) is 2.37. The van der Waals surface area contributed by atoms with E-state index in [1.807, 2.05) is 5.43 Å². The van der Waals surface area contributed by atoms with Crippen molar-refractivity contribution >= 4 is 17.9 Å². The molecule has 23 heavy (non-hydrogen) atoms. The van der Waals surface area contributed by atoms with E-state index in [1.165, 1.54) is 6.07 Å². The van der Waals surface area contributed by atoms with E-state index in [0.29, 0.717) is 12.1 Å². The number of hydrogen-bond donors (Lipinski definition) is 1. The molecule has 1 N–H and O–H groups in total. The van der Waals surface area contributed by atoms with Crippen LogP contribution in [-0.4, -0.2) is 25.5 Å². The van der Waals surface area contributed by atoms with E-state index in [2.05, 4.69) is 9.84 Å². The highest BCUT2D eigenvalue weighted by Gasteiger charge is 2.33. The Kier molecular flexibility index (Phi) is 5.78. The summed E-state index contributed by atoms with van der Waals surface area (Å²) in [5.74, 6) is -3.43. The Labute approximate surface area is 126 Å². The molecule has 5 nitrogen and oxygen atoms in total. The van der Waals surface area contributed by atoms with Crippen molar-refractivity contribution in [3.8, 4) is 6.07 Å². The highest BCUT2D eigenvalue weighted by Crippen LogP contribution is 2.24. The molecular formula is C13H8F5N3O2. The largest absolute Gasteiger partial charge is 0.466 e. The van der Waals surface area contributed by atoms with Gasteiger partial charge in [-0.25, -0.2) is 13.6 Å². The van der Waals surface area contributed by atoms with Gasteiger partial charge in [-0.05, 0) is 6.07 Å². The number of halogens is 5. The number of methoxy groups -OCH3 is 1. The van der Waals surface area contributed by atoms with Crippen molar-refractivity contribution in [3.05, 3.63) is 41.0 Å². The van der Waals surface area contributed by atoms with Crippen LogP contribution in [0.4, 0.5) is 27.6 Å². The summed E-state index contributed by atoms with van der Waals surface area (Å²) in [4.78, 5) is 10.9. The molecule has 122 valence electrons. The van der Waals surface area contributed by atoms with Gasteiger partial charge in [-0.2, -0.15) is 23.5 Å². The molecule has 0 saturated heterocycles. The van der Waals surface area contributed by atoms with Gasteiger partial charge in [0.1, 0.15) is 17.7 Å². The minimum atomic E-state index is -4.91. The molecule has 0 radical (unpaired) electrons. The average Bonchev–Trinajstić information content (AvgIpc) is 2.47. The normalized spacial score (nSPS) is 12.1. The lowest BCUT2D eigenvalue weighted by molar-refractivity contribution is -0.135. The SMILES string of the molecule is COC(=O)/C=C(\C=N\Nc1cc(F)c(C#N)cc1F)C(F)(F)F. The van der Waals surface area contributed by atoms with Crippen LogP contribution < -0.4 is 5.43 Å². The summed E-state index contributed by atoms with van der Waals surface area (Å²) < 4.78 is 68.7. The van der Waals surface area contributed by atoms with E-state index in [4.69, 9.17) is 5.26 Å². The number of benzene rings is 1. The molecule has 0 aromatic heterocycles. The number of carbonyl (C=O) groups is 1. The van der Waals surface area contributed by atoms with Gasteiger partial charge in [0.25, 0.3) is 0 Å². The Balaban J connectivity index is 3.01. The predicted molar refractivity (Wildman–Crippen MR) is 69.3 cm³/mol. The number of anilines is 1. The second kappa shape index (κ2) is 7.35. The van der Waals surface area contributed by atoms with Crippen LogP contribution in [0.3, 0.4) is 0 Å². The maximum atomic E-state index is 13.5. The van der Waals surface area contributed by atoms with Crippen molar-refractivity contribution in [2.45, 2.75) is 6.18 Å². The first-order valence-electron chi connectivity index (χ1n) is 5.74. The fourth-order valence-corrected chi connectivity index (χ4v) is 1.27. The molecule has 0 heterocycles. The van der Waals surface area contributed by atoms with Crippen LogP contribution in [0.2, 0.25) is 0 Å². The van der Waals surface area contributed by atoms with Gasteiger partial charge < -0.3 is 4.74 Å². The Morgan fingerprint density at radius 1 is 1.35 bits per heavy atom. The Bertz CT molecular complexity index is 705. The van der Waals surface area contributed by atoms with Crippen LogP contribution >= 0.6 is 0 Å². The number of nitrogens with zero attached hydrogens (tertiary/aromatic N) is 2. The van der Waals surface area contributed by atoms with Crippen molar-refractivity contribution in [1.29, 1.82) is 5.26 Å². The standard InChI is InChI=1S/C13H8F5N3O2/c1-23-12(22)3-8(13(16,17)18)6-20-21-11-4-9(14)7(5-19)2-10(11)15/h2-4,6,21H,1H3/b8-3+,20-6+. The van der Waals surface area contributed by atoms with Gasteiger partial charge in [0.2, 0.25) is 0 Å². The summed E-state index contributed by atoms with van der Waals surface area (Å²) in [7, 11) is 0.886. The summed E-state index contributed by atoms with van der Waals surface area (Å²) in [6, 6.07) is 2.51. The topological polar surface area (TPSA) is 74.5 Å². The highest BCUT2D eigenvalue weighted by molar-refractivity contribution is 5.92. The molecule has 0 bridgehead atoms. The monoisotopic (exact) mass is 333 g/mol. The van der Waals surface area contributed by atoms with Crippen LogP contribution in [0.15, 0.2) is 28.9 Å². The van der Waals surface area contributed by atoms with E-state index < -0.39 is 40.6 Å². The zero-order valence-electron chi connectivity index (χ0n) is 11.4. The maximum Gasteiger partial charge on any atom is 0.418 e. The van der Waals surface area contributed by atoms with Gasteiger partial charge in [-0.15, -0.1) is 0 Å². The molecular weight excluding hydrogens is 325 g/mol. The van der Waals surface area contributed by atoms with Gasteiger partial charge in [-0.1, -0.05) is 0 Å². The number of nitriles is 1. The summed E-state index contributed by atoms with van der Waals surface area (Å²) >= 11 is 0. The molecule has 0 fully saturated rings. The first kappa shape index (κ1) is 18.1. The first-order chi connectivity index (χ1) is 10.7. The van der Waals surface area contributed by atoms with Gasteiger partial charge in [0.15, 0.2) is 0 Å². The van der Waals surface area contributed by atoms with E-state index in [-0.39, 0.29) is 12.3 Å². The fourth-order valence-electron chi connectivity index (χ4n) is 1.27. The van der Waals surface area contributed by atoms with Crippen LogP contribution in [0.5, 0.6) is 0 Å². The molecule has 1 aromatic rings. The molecule has 1 aromatic carbocycles. The number of carbonyl (C=O) groups excluding carboxylic acids is 1. The van der Waals surface area contributed by atoms with E-state index in [9.17, 15) is 26.7 Å². The maximum absolute atomic E-state index is 13.5. The highest BCUT2D eigenvalue weighted by atomic mass is 19.4. The van der Waals surface area contributed by atoms with Gasteiger partial charge >= 0.3 is 12.1 Å². The summed E-state index contributed by atoms with van der Waals surface area (Å²) in [6.45, 7) is 0. The molecule has 0 amide bonds. The van der Waals surface area contributed by atoms with Crippen molar-refractivity contribution < 1.29 is 31.5 Å². The van der Waals surface area contributed by atoms with Gasteiger partial charge in [0, 0.05) is 12.1 Å². The van der Waals surface area contributed by atoms with Crippen molar-refractivity contribution in [1.82, 2.24) is 0 Å². The lowest BCUT2D eigenvalue weighted by atomic mass is 10.2. The van der Waals surface area contributed by atoms with Crippen molar-refractivity contribution in [2.24, 2.45) is 5.10 Å². The van der Waals surface area contributed by atoms with Crippen LogP contribution in [0, 0.1) is 23.0 Å². The quantitative estimate of drug-likeness (QED) is 0.302. The second-order valence-corrected chi connectivity index (χ2v) is 3.91. The number of esters is 1. The lowest BCUT2D eigenvalue weighted by Gasteiger charge is -2.07. The molecule has 1 rings (SSSR count). The molecule has 0 aliphatic carbocycles. The van der Waals surface area contributed by atoms with Crippen LogP contribution in [0.1, 0.15) is 5.56 Å². The van der Waals surface area contributed by atoms with Crippen LogP contribution in [0.25, 0.3) is 0 Å². The number of hydrogen-bond acceptors (Lipinski definition) is 5. The molecule has 10 heteroatoms. The Hall–Kier alpha value is -2.96. The Morgan fingerprint density at radius 3 is 2.52 bits per heavy atom. The molecule has 0 aliphatic rings. The first-order valence-corrected chi connectivity index (χ1v) is 5.74. The van der Waals surface area contributed by atoms with E-state index in [1.54, 1.807) is 0 Å².